The summed E-state index contributed by atoms with van der Waals surface area (Å²) in [5.74, 6) is -0.581. The Hall–Kier alpha value is -2.11. The number of oxime groups is 1. The van der Waals surface area contributed by atoms with E-state index in [-0.39, 0.29) is 13.2 Å². The molecule has 0 aromatic rings. The fourth-order valence-corrected chi connectivity index (χ4v) is 3.19. The van der Waals surface area contributed by atoms with Crippen LogP contribution in [0, 0.1) is 0 Å². The number of carbonyl (C=O) groups is 1. The van der Waals surface area contributed by atoms with Crippen LogP contribution in [0.15, 0.2) is 10.3 Å². The van der Waals surface area contributed by atoms with Gasteiger partial charge in [-0.3, -0.25) is 4.79 Å². The second-order valence-electron chi connectivity index (χ2n) is 7.05. The van der Waals surface area contributed by atoms with Crippen LogP contribution in [0.5, 0.6) is 0 Å². The van der Waals surface area contributed by atoms with Gasteiger partial charge in [0.15, 0.2) is 12.6 Å². The fourth-order valence-electron chi connectivity index (χ4n) is 3.19. The molecule has 0 aromatic carbocycles. The molecule has 0 radical (unpaired) electrons. The standard InChI is InChI=1S/C16H27N5O11/c1-6(23)20-9-11(25)14(8(5-22)30-15(9)28)32-16-13(27)12(26)10(24)7(31-16)4-19-29-3-2-18-21-17/h4,7-16,22,24-28H,2-3,5H2,1H3,(H,20,23)/b19-4+/t7-,8-,9-,10+,11-,12+,13-,14-,15-,16+/m1/s1. The second-order valence-corrected chi connectivity index (χ2v) is 7.05. The molecule has 16 heteroatoms. The number of aliphatic hydroxyl groups excluding tert-OH is 6. The molecule has 2 rings (SSSR count). The maximum atomic E-state index is 11.4. The van der Waals surface area contributed by atoms with Gasteiger partial charge in [0.1, 0.15) is 55.4 Å². The molecule has 0 saturated carbocycles. The van der Waals surface area contributed by atoms with Crippen LogP contribution in [0.3, 0.4) is 0 Å². The van der Waals surface area contributed by atoms with Crippen LogP contribution in [0.1, 0.15) is 6.92 Å². The molecule has 2 fully saturated rings. The Bertz CT molecular complexity index is 693. The number of hydrogen-bond acceptors (Lipinski definition) is 13. The van der Waals surface area contributed by atoms with Crippen molar-refractivity contribution in [2.75, 3.05) is 19.8 Å². The third-order valence-electron chi connectivity index (χ3n) is 4.77. The largest absolute Gasteiger partial charge is 0.396 e. The molecule has 0 aliphatic carbocycles. The van der Waals surface area contributed by atoms with E-state index in [4.69, 9.17) is 24.6 Å². The smallest absolute Gasteiger partial charge is 0.217 e. The minimum atomic E-state index is -1.78. The van der Waals surface area contributed by atoms with Crippen LogP contribution in [-0.2, 0) is 23.8 Å². The molecule has 16 nitrogen and oxygen atoms in total. The molecule has 2 aliphatic heterocycles. The van der Waals surface area contributed by atoms with Crippen molar-refractivity contribution in [3.05, 3.63) is 10.4 Å². The van der Waals surface area contributed by atoms with Crippen molar-refractivity contribution in [1.82, 2.24) is 5.32 Å². The molecular formula is C16H27N5O11. The number of amides is 1. The molecule has 7 N–H and O–H groups in total. The molecule has 0 aromatic heterocycles. The fraction of sp³-hybridized carbons (Fsp3) is 0.875. The maximum absolute atomic E-state index is 11.4. The van der Waals surface area contributed by atoms with E-state index in [1.807, 2.05) is 0 Å². The Morgan fingerprint density at radius 3 is 2.50 bits per heavy atom. The van der Waals surface area contributed by atoms with Gasteiger partial charge in [0.25, 0.3) is 0 Å². The van der Waals surface area contributed by atoms with E-state index in [0.717, 1.165) is 13.1 Å². The summed E-state index contributed by atoms with van der Waals surface area (Å²) < 4.78 is 16.1. The lowest BCUT2D eigenvalue weighted by molar-refractivity contribution is -0.335. The van der Waals surface area contributed by atoms with Gasteiger partial charge < -0.3 is 55.0 Å². The number of hydrogen-bond donors (Lipinski definition) is 7. The first-order valence-corrected chi connectivity index (χ1v) is 9.62. The zero-order valence-corrected chi connectivity index (χ0v) is 17.0. The summed E-state index contributed by atoms with van der Waals surface area (Å²) >= 11 is 0. The van der Waals surface area contributed by atoms with E-state index in [2.05, 4.69) is 20.5 Å². The highest BCUT2D eigenvalue weighted by Gasteiger charge is 2.50. The van der Waals surface area contributed by atoms with Gasteiger partial charge in [-0.15, -0.1) is 0 Å². The second kappa shape index (κ2) is 12.2. The Labute approximate surface area is 181 Å². The van der Waals surface area contributed by atoms with Crippen molar-refractivity contribution in [3.63, 3.8) is 0 Å². The lowest BCUT2D eigenvalue weighted by Gasteiger charge is -2.46. The first-order chi connectivity index (χ1) is 15.2. The van der Waals surface area contributed by atoms with Crippen molar-refractivity contribution in [2.24, 2.45) is 10.3 Å². The monoisotopic (exact) mass is 465 g/mol. The Morgan fingerprint density at radius 2 is 1.88 bits per heavy atom. The highest BCUT2D eigenvalue weighted by atomic mass is 16.7. The Kier molecular flexibility index (Phi) is 9.98. The summed E-state index contributed by atoms with van der Waals surface area (Å²) in [6, 6.07) is -1.32. The molecule has 2 aliphatic rings. The third-order valence-corrected chi connectivity index (χ3v) is 4.77. The SMILES string of the molecule is CC(=O)N[C@@H]1[C@@H](O)[C@H](O[C@@H]2O[C@H](/C=N/OCCN=[N+]=[N-])[C@H](O)[C@H](O)[C@H]2O)[C@@H](CO)O[C@H]1O. The maximum Gasteiger partial charge on any atom is 0.217 e. The predicted octanol–water partition coefficient (Wildman–Crippen LogP) is -3.93. The van der Waals surface area contributed by atoms with Gasteiger partial charge in [-0.1, -0.05) is 10.3 Å². The number of rotatable bonds is 9. The lowest BCUT2D eigenvalue weighted by atomic mass is 9.95. The summed E-state index contributed by atoms with van der Waals surface area (Å²) in [7, 11) is 0. The van der Waals surface area contributed by atoms with E-state index >= 15 is 0 Å². The van der Waals surface area contributed by atoms with Crippen LogP contribution in [-0.4, -0.2) is 124 Å². The van der Waals surface area contributed by atoms with E-state index in [9.17, 15) is 35.4 Å². The Balaban J connectivity index is 2.10. The van der Waals surface area contributed by atoms with Crippen LogP contribution in [0.25, 0.3) is 10.4 Å². The summed E-state index contributed by atoms with van der Waals surface area (Å²) in [5, 5.41) is 69.6. The van der Waals surface area contributed by atoms with Crippen molar-refractivity contribution in [1.29, 1.82) is 0 Å². The highest BCUT2D eigenvalue weighted by molar-refractivity contribution is 5.73. The van der Waals surface area contributed by atoms with E-state index < -0.39 is 73.9 Å². The number of ether oxygens (including phenoxy) is 3. The van der Waals surface area contributed by atoms with Gasteiger partial charge >= 0.3 is 0 Å². The van der Waals surface area contributed by atoms with Crippen LogP contribution in [0.4, 0.5) is 0 Å². The molecule has 10 atom stereocenters. The lowest BCUT2D eigenvalue weighted by Crippen LogP contribution is -2.67. The van der Waals surface area contributed by atoms with Gasteiger partial charge in [-0.2, -0.15) is 0 Å². The molecular weight excluding hydrogens is 438 g/mol. The first kappa shape index (κ1) is 26.1. The van der Waals surface area contributed by atoms with Crippen LogP contribution >= 0.6 is 0 Å². The quantitative estimate of drug-likeness (QED) is 0.0432. The van der Waals surface area contributed by atoms with Crippen LogP contribution in [0.2, 0.25) is 0 Å². The van der Waals surface area contributed by atoms with E-state index in [1.165, 1.54) is 0 Å². The minimum absolute atomic E-state index is 0.00156. The summed E-state index contributed by atoms with van der Waals surface area (Å²) in [6.45, 7) is 0.380. The number of nitrogens with one attached hydrogen (secondary N) is 1. The molecule has 182 valence electrons. The van der Waals surface area contributed by atoms with Crippen molar-refractivity contribution >= 4 is 12.1 Å². The van der Waals surface area contributed by atoms with Crippen molar-refractivity contribution < 1.29 is 54.5 Å². The van der Waals surface area contributed by atoms with Gasteiger partial charge in [-0.25, -0.2) is 0 Å². The normalized spacial score (nSPS) is 40.0. The third kappa shape index (κ3) is 6.46. The number of azide groups is 1. The van der Waals surface area contributed by atoms with Gasteiger partial charge in [0.2, 0.25) is 5.91 Å². The first-order valence-electron chi connectivity index (χ1n) is 9.62. The highest BCUT2D eigenvalue weighted by Crippen LogP contribution is 2.28. The van der Waals surface area contributed by atoms with Gasteiger partial charge in [0.05, 0.1) is 19.4 Å². The summed E-state index contributed by atoms with van der Waals surface area (Å²) in [5.41, 5.74) is 8.18. The molecule has 0 spiro atoms. The molecule has 1 amide bonds. The number of aliphatic hydroxyl groups is 6. The van der Waals surface area contributed by atoms with E-state index in [1.54, 1.807) is 0 Å². The van der Waals surface area contributed by atoms with Gasteiger partial charge in [0, 0.05) is 11.8 Å². The Morgan fingerprint density at radius 1 is 1.16 bits per heavy atom. The molecule has 0 bridgehead atoms. The number of carbonyl (C=O) groups excluding carboxylic acids is 1. The molecule has 2 heterocycles. The van der Waals surface area contributed by atoms with Gasteiger partial charge in [-0.05, 0) is 5.53 Å². The topological polar surface area (TPSA) is 249 Å². The molecule has 0 unspecified atom stereocenters. The summed E-state index contributed by atoms with van der Waals surface area (Å²) in [4.78, 5) is 18.7. The van der Waals surface area contributed by atoms with Crippen molar-refractivity contribution in [3.8, 4) is 0 Å². The van der Waals surface area contributed by atoms with E-state index in [0.29, 0.717) is 0 Å². The molecule has 2 saturated heterocycles. The average Bonchev–Trinajstić information content (AvgIpc) is 2.76. The summed E-state index contributed by atoms with van der Waals surface area (Å²) in [6.07, 6.45) is -13.1. The zero-order chi connectivity index (χ0) is 23.8. The molecule has 32 heavy (non-hydrogen) atoms. The minimum Gasteiger partial charge on any atom is -0.396 e. The zero-order valence-electron chi connectivity index (χ0n) is 17.0. The average molecular weight is 465 g/mol. The van der Waals surface area contributed by atoms with Crippen molar-refractivity contribution in [2.45, 2.75) is 68.3 Å². The predicted molar refractivity (Wildman–Crippen MR) is 102 cm³/mol. The number of nitrogens with zero attached hydrogens (tertiary/aromatic N) is 4. The van der Waals surface area contributed by atoms with Crippen LogP contribution < -0.4 is 5.32 Å².